The number of aliphatic hydroxyl groups is 4. The van der Waals surface area contributed by atoms with Crippen molar-refractivity contribution >= 4 is 34.5 Å². The summed E-state index contributed by atoms with van der Waals surface area (Å²) in [5, 5.41) is 33.7. The van der Waals surface area contributed by atoms with Crippen molar-refractivity contribution in [3.63, 3.8) is 0 Å². The number of aliphatic hydroxyl groups excluding tert-OH is 4. The van der Waals surface area contributed by atoms with Gasteiger partial charge in [-0.3, -0.25) is 0 Å². The maximum absolute atomic E-state index is 8.74. The SMILES string of the molecule is CCCC(O)C(O)=S.CCCC(O)C(O)=S.[Cu]. The van der Waals surface area contributed by atoms with Crippen LogP contribution in [0.2, 0.25) is 0 Å². The van der Waals surface area contributed by atoms with Gasteiger partial charge in [0.15, 0.2) is 10.1 Å². The molecule has 7 heteroatoms. The molecule has 0 aliphatic rings. The van der Waals surface area contributed by atoms with Gasteiger partial charge in [0.1, 0.15) is 12.2 Å². The zero-order valence-electron chi connectivity index (χ0n) is 9.89. The predicted octanol–water partition coefficient (Wildman–Crippen LogP) is 2.06. The average Bonchev–Trinajstić information content (AvgIpc) is 2.19. The molecule has 4 nitrogen and oxygen atoms in total. The minimum atomic E-state index is -0.796. The van der Waals surface area contributed by atoms with Crippen LogP contribution in [0.3, 0.4) is 0 Å². The van der Waals surface area contributed by atoms with Crippen molar-refractivity contribution in [2.24, 2.45) is 0 Å². The molecule has 0 aromatic rings. The largest absolute Gasteiger partial charge is 0.500 e. The van der Waals surface area contributed by atoms with Crippen LogP contribution in [0.4, 0.5) is 0 Å². The van der Waals surface area contributed by atoms with Crippen molar-refractivity contribution in [1.29, 1.82) is 0 Å². The van der Waals surface area contributed by atoms with Crippen molar-refractivity contribution in [3.05, 3.63) is 0 Å². The van der Waals surface area contributed by atoms with Gasteiger partial charge in [-0.1, -0.05) is 26.7 Å². The molecule has 0 heterocycles. The van der Waals surface area contributed by atoms with Crippen molar-refractivity contribution < 1.29 is 37.5 Å². The molecule has 0 spiro atoms. The summed E-state index contributed by atoms with van der Waals surface area (Å²) in [5.74, 6) is 0. The predicted molar refractivity (Wildman–Crippen MR) is 72.3 cm³/mol. The van der Waals surface area contributed by atoms with Crippen LogP contribution in [0.5, 0.6) is 0 Å². The van der Waals surface area contributed by atoms with Gasteiger partial charge in [0, 0.05) is 17.1 Å². The monoisotopic (exact) mass is 331 g/mol. The van der Waals surface area contributed by atoms with E-state index in [9.17, 15) is 0 Å². The van der Waals surface area contributed by atoms with E-state index in [1.807, 2.05) is 13.8 Å². The summed E-state index contributed by atoms with van der Waals surface area (Å²) >= 11 is 8.58. The van der Waals surface area contributed by atoms with E-state index in [1.165, 1.54) is 0 Å². The van der Waals surface area contributed by atoms with E-state index in [1.54, 1.807) is 0 Å². The Labute approximate surface area is 124 Å². The van der Waals surface area contributed by atoms with Gasteiger partial charge in [-0.25, -0.2) is 0 Å². The van der Waals surface area contributed by atoms with E-state index >= 15 is 0 Å². The molecule has 0 bridgehead atoms. The summed E-state index contributed by atoms with van der Waals surface area (Å²) in [6.45, 7) is 3.84. The molecule has 0 saturated heterocycles. The zero-order chi connectivity index (χ0) is 13.1. The summed E-state index contributed by atoms with van der Waals surface area (Å²) in [7, 11) is 0. The molecule has 0 rings (SSSR count). The minimum Gasteiger partial charge on any atom is -0.500 e. The topological polar surface area (TPSA) is 80.9 Å². The Hall–Kier alpha value is 0.219. The molecule has 1 radical (unpaired) electrons. The summed E-state index contributed by atoms with van der Waals surface area (Å²) in [6, 6.07) is 0. The standard InChI is InChI=1S/2C5H10O2S.Cu/c2*1-2-3-4(6)5(7)8;/h2*4,6H,2-3H2,1H3,(H,7,8);. The molecule has 2 unspecified atom stereocenters. The van der Waals surface area contributed by atoms with Crippen LogP contribution in [-0.2, 0) is 17.1 Å². The second-order valence-electron chi connectivity index (χ2n) is 3.29. The van der Waals surface area contributed by atoms with Crippen LogP contribution in [0.25, 0.3) is 0 Å². The van der Waals surface area contributed by atoms with Crippen LogP contribution >= 0.6 is 24.4 Å². The smallest absolute Gasteiger partial charge is 0.186 e. The van der Waals surface area contributed by atoms with E-state index < -0.39 is 12.2 Å². The van der Waals surface area contributed by atoms with Crippen LogP contribution in [-0.4, -0.2) is 42.7 Å². The van der Waals surface area contributed by atoms with Crippen LogP contribution in [0.1, 0.15) is 39.5 Å². The van der Waals surface area contributed by atoms with Gasteiger partial charge in [-0.2, -0.15) is 0 Å². The van der Waals surface area contributed by atoms with Gasteiger partial charge >= 0.3 is 0 Å². The van der Waals surface area contributed by atoms with Gasteiger partial charge in [0.2, 0.25) is 0 Å². The fraction of sp³-hybridized carbons (Fsp3) is 0.800. The molecule has 0 aromatic heterocycles. The first-order chi connectivity index (χ1) is 7.36. The Morgan fingerprint density at radius 1 is 0.882 bits per heavy atom. The number of hydrogen-bond donors (Lipinski definition) is 4. The van der Waals surface area contributed by atoms with E-state index in [2.05, 4.69) is 24.4 Å². The fourth-order valence-corrected chi connectivity index (χ4v) is 1.03. The van der Waals surface area contributed by atoms with Crippen LogP contribution in [0.15, 0.2) is 0 Å². The van der Waals surface area contributed by atoms with Gasteiger partial charge < -0.3 is 20.4 Å². The number of rotatable bonds is 6. The summed E-state index contributed by atoms with van der Waals surface area (Å²) in [6.07, 6.45) is 1.18. The van der Waals surface area contributed by atoms with Crippen molar-refractivity contribution in [1.82, 2.24) is 0 Å². The molecular weight excluding hydrogens is 312 g/mol. The van der Waals surface area contributed by atoms with Gasteiger partial charge in [-0.15, -0.1) is 0 Å². The Morgan fingerprint density at radius 3 is 1.18 bits per heavy atom. The van der Waals surface area contributed by atoms with Gasteiger partial charge in [0.25, 0.3) is 0 Å². The molecule has 107 valence electrons. The average molecular weight is 332 g/mol. The third kappa shape index (κ3) is 16.2. The third-order valence-electron chi connectivity index (χ3n) is 1.69. The van der Waals surface area contributed by atoms with Crippen molar-refractivity contribution in [3.8, 4) is 0 Å². The first-order valence-corrected chi connectivity index (χ1v) is 6.00. The van der Waals surface area contributed by atoms with Gasteiger partial charge in [0.05, 0.1) is 0 Å². The Morgan fingerprint density at radius 2 is 1.12 bits per heavy atom. The van der Waals surface area contributed by atoms with E-state index in [-0.39, 0.29) is 27.2 Å². The zero-order valence-corrected chi connectivity index (χ0v) is 12.5. The molecule has 2 atom stereocenters. The summed E-state index contributed by atoms with van der Waals surface area (Å²) < 4.78 is 0. The van der Waals surface area contributed by atoms with Crippen LogP contribution < -0.4 is 0 Å². The molecule has 17 heavy (non-hydrogen) atoms. The third-order valence-corrected chi connectivity index (χ3v) is 2.24. The summed E-state index contributed by atoms with van der Waals surface area (Å²) in [4.78, 5) is 0. The Bertz CT molecular complexity index is 192. The van der Waals surface area contributed by atoms with Crippen molar-refractivity contribution in [2.45, 2.75) is 51.7 Å². The molecule has 4 N–H and O–H groups in total. The molecule has 0 fully saturated rings. The minimum absolute atomic E-state index is 0. The first-order valence-electron chi connectivity index (χ1n) is 5.18. The van der Waals surface area contributed by atoms with Crippen LogP contribution in [0, 0.1) is 0 Å². The maximum Gasteiger partial charge on any atom is 0.186 e. The fourth-order valence-electron chi connectivity index (χ4n) is 0.794. The van der Waals surface area contributed by atoms with E-state index in [0.717, 1.165) is 12.8 Å². The number of hydrogen-bond acceptors (Lipinski definition) is 4. The Kier molecular flexibility index (Phi) is 18.8. The second-order valence-corrected chi connectivity index (χ2v) is 4.12. The van der Waals surface area contributed by atoms with E-state index in [0.29, 0.717) is 12.8 Å². The molecule has 0 aliphatic carbocycles. The molecule has 0 amide bonds. The molecular formula is C10H20CuO4S2. The molecule has 0 saturated carbocycles. The normalized spacial score (nSPS) is 12.5. The first kappa shape index (κ1) is 22.4. The molecule has 0 aliphatic heterocycles. The van der Waals surface area contributed by atoms with E-state index in [4.69, 9.17) is 20.4 Å². The number of thiocarbonyl (C=S) groups is 2. The summed E-state index contributed by atoms with van der Waals surface area (Å²) in [5.41, 5.74) is 0. The quantitative estimate of drug-likeness (QED) is 0.440. The van der Waals surface area contributed by atoms with Gasteiger partial charge in [-0.05, 0) is 37.3 Å². The van der Waals surface area contributed by atoms with Crippen molar-refractivity contribution in [2.75, 3.05) is 0 Å². The second kappa shape index (κ2) is 14.3. The maximum atomic E-state index is 8.74. The Balaban J connectivity index is -0.000000218. The molecule has 0 aromatic carbocycles.